The fourth-order valence-corrected chi connectivity index (χ4v) is 3.15. The fourth-order valence-electron chi connectivity index (χ4n) is 2.24. The van der Waals surface area contributed by atoms with Crippen LogP contribution in [-0.4, -0.2) is 37.4 Å². The van der Waals surface area contributed by atoms with Crippen LogP contribution in [0.3, 0.4) is 0 Å². The predicted octanol–water partition coefficient (Wildman–Crippen LogP) is 3.08. The highest BCUT2D eigenvalue weighted by atomic mass is 32.1. The van der Waals surface area contributed by atoms with Crippen LogP contribution in [0.5, 0.6) is 5.75 Å². The van der Waals surface area contributed by atoms with E-state index in [1.54, 1.807) is 49.8 Å². The Balaban J connectivity index is 1.99. The van der Waals surface area contributed by atoms with Crippen LogP contribution < -0.4 is 10.1 Å². The van der Waals surface area contributed by atoms with Gasteiger partial charge in [0.05, 0.1) is 19.2 Å². The SMILES string of the molecule is COc1cccc(NC(=O)CN(C)C(=O)c2cc(C)sc2C)c1. The van der Waals surface area contributed by atoms with Crippen LogP contribution in [0.15, 0.2) is 30.3 Å². The van der Waals surface area contributed by atoms with Crippen molar-refractivity contribution < 1.29 is 14.3 Å². The molecule has 2 amide bonds. The Kier molecular flexibility index (Phi) is 5.39. The second-order valence-corrected chi connectivity index (χ2v) is 6.73. The van der Waals surface area contributed by atoms with Crippen LogP contribution in [-0.2, 0) is 4.79 Å². The zero-order valence-electron chi connectivity index (χ0n) is 13.7. The topological polar surface area (TPSA) is 58.6 Å². The molecule has 2 rings (SSSR count). The number of amides is 2. The molecule has 0 saturated carbocycles. The Bertz CT molecular complexity index is 724. The maximum absolute atomic E-state index is 12.4. The molecule has 0 aliphatic rings. The van der Waals surface area contributed by atoms with Crippen molar-refractivity contribution in [3.05, 3.63) is 45.6 Å². The number of hydrogen-bond donors (Lipinski definition) is 1. The Morgan fingerprint density at radius 2 is 2.00 bits per heavy atom. The molecule has 0 spiro atoms. The van der Waals surface area contributed by atoms with Gasteiger partial charge in [-0.25, -0.2) is 0 Å². The van der Waals surface area contributed by atoms with Gasteiger partial charge in [0.2, 0.25) is 5.91 Å². The van der Waals surface area contributed by atoms with Gasteiger partial charge in [0.15, 0.2) is 0 Å². The first kappa shape index (κ1) is 17.0. The van der Waals surface area contributed by atoms with Crippen molar-refractivity contribution in [3.63, 3.8) is 0 Å². The zero-order valence-corrected chi connectivity index (χ0v) is 14.5. The standard InChI is InChI=1S/C17H20N2O3S/c1-11-8-15(12(2)23-11)17(21)19(3)10-16(20)18-13-6-5-7-14(9-13)22-4/h5-9H,10H2,1-4H3,(H,18,20). The lowest BCUT2D eigenvalue weighted by atomic mass is 10.2. The van der Waals surface area contributed by atoms with Gasteiger partial charge in [0.1, 0.15) is 5.75 Å². The van der Waals surface area contributed by atoms with Gasteiger partial charge >= 0.3 is 0 Å². The minimum absolute atomic E-state index is 0.00955. The maximum Gasteiger partial charge on any atom is 0.255 e. The molecular weight excluding hydrogens is 312 g/mol. The number of nitrogens with one attached hydrogen (secondary N) is 1. The number of benzene rings is 1. The van der Waals surface area contributed by atoms with Crippen molar-refractivity contribution in [1.29, 1.82) is 0 Å². The quantitative estimate of drug-likeness (QED) is 0.915. The van der Waals surface area contributed by atoms with Crippen LogP contribution in [0.25, 0.3) is 0 Å². The highest BCUT2D eigenvalue weighted by molar-refractivity contribution is 7.12. The summed E-state index contributed by atoms with van der Waals surface area (Å²) in [4.78, 5) is 28.0. The third-order valence-corrected chi connectivity index (χ3v) is 4.32. The zero-order chi connectivity index (χ0) is 17.0. The highest BCUT2D eigenvalue weighted by Crippen LogP contribution is 2.22. The summed E-state index contributed by atoms with van der Waals surface area (Å²) in [5.74, 6) is 0.267. The van der Waals surface area contributed by atoms with Crippen molar-refractivity contribution >= 4 is 28.8 Å². The molecule has 5 nitrogen and oxygen atoms in total. The van der Waals surface area contributed by atoms with Gasteiger partial charge in [0.25, 0.3) is 5.91 Å². The summed E-state index contributed by atoms with van der Waals surface area (Å²) in [6.45, 7) is 3.86. The molecule has 23 heavy (non-hydrogen) atoms. The van der Waals surface area contributed by atoms with Gasteiger partial charge in [-0.1, -0.05) is 6.07 Å². The number of likely N-dealkylation sites (N-methyl/N-ethyl adjacent to an activating group) is 1. The maximum atomic E-state index is 12.4. The highest BCUT2D eigenvalue weighted by Gasteiger charge is 2.18. The number of methoxy groups -OCH3 is 1. The number of carbonyl (C=O) groups excluding carboxylic acids is 2. The van der Waals surface area contributed by atoms with Gasteiger partial charge in [-0.05, 0) is 32.0 Å². The van der Waals surface area contributed by atoms with Gasteiger partial charge in [-0.15, -0.1) is 11.3 Å². The minimum Gasteiger partial charge on any atom is -0.497 e. The van der Waals surface area contributed by atoms with Gasteiger partial charge in [-0.3, -0.25) is 9.59 Å². The third-order valence-electron chi connectivity index (χ3n) is 3.35. The molecule has 0 radical (unpaired) electrons. The number of hydrogen-bond acceptors (Lipinski definition) is 4. The molecule has 122 valence electrons. The molecule has 1 aromatic carbocycles. The molecule has 0 aliphatic carbocycles. The van der Waals surface area contributed by atoms with E-state index in [2.05, 4.69) is 5.32 Å². The van der Waals surface area contributed by atoms with Crippen LogP contribution >= 0.6 is 11.3 Å². The van der Waals surface area contributed by atoms with E-state index in [9.17, 15) is 9.59 Å². The summed E-state index contributed by atoms with van der Waals surface area (Å²) in [5, 5.41) is 2.76. The lowest BCUT2D eigenvalue weighted by Gasteiger charge is -2.17. The Labute approximate surface area is 139 Å². The lowest BCUT2D eigenvalue weighted by Crippen LogP contribution is -2.35. The van der Waals surface area contributed by atoms with Crippen LogP contribution in [0.2, 0.25) is 0 Å². The third kappa shape index (κ3) is 4.32. The van der Waals surface area contributed by atoms with E-state index in [1.165, 1.54) is 4.90 Å². The first-order valence-corrected chi connectivity index (χ1v) is 7.98. The lowest BCUT2D eigenvalue weighted by molar-refractivity contribution is -0.116. The van der Waals surface area contributed by atoms with E-state index in [-0.39, 0.29) is 18.4 Å². The van der Waals surface area contributed by atoms with Gasteiger partial charge in [0, 0.05) is 28.6 Å². The molecule has 0 fully saturated rings. The van der Waals surface area contributed by atoms with Crippen molar-refractivity contribution in [2.24, 2.45) is 0 Å². The molecule has 1 heterocycles. The van der Waals surface area contributed by atoms with Crippen molar-refractivity contribution in [1.82, 2.24) is 4.90 Å². The largest absolute Gasteiger partial charge is 0.497 e. The average Bonchev–Trinajstić information content (AvgIpc) is 2.85. The second-order valence-electron chi connectivity index (χ2n) is 5.27. The van der Waals surface area contributed by atoms with E-state index in [1.807, 2.05) is 19.9 Å². The molecule has 1 aromatic heterocycles. The molecule has 0 atom stereocenters. The molecule has 1 N–H and O–H groups in total. The monoisotopic (exact) mass is 332 g/mol. The Morgan fingerprint density at radius 3 is 2.61 bits per heavy atom. The van der Waals surface area contributed by atoms with Gasteiger partial charge < -0.3 is 15.0 Å². The van der Waals surface area contributed by atoms with E-state index in [0.29, 0.717) is 17.0 Å². The molecule has 0 bridgehead atoms. The van der Waals surface area contributed by atoms with Crippen LogP contribution in [0, 0.1) is 13.8 Å². The molecule has 0 aliphatic heterocycles. The summed E-state index contributed by atoms with van der Waals surface area (Å²) in [6, 6.07) is 8.95. The summed E-state index contributed by atoms with van der Waals surface area (Å²) in [7, 11) is 3.19. The predicted molar refractivity (Wildman–Crippen MR) is 92.4 cm³/mol. The molecule has 2 aromatic rings. The van der Waals surface area contributed by atoms with E-state index in [0.717, 1.165) is 9.75 Å². The van der Waals surface area contributed by atoms with Crippen molar-refractivity contribution in [2.45, 2.75) is 13.8 Å². The summed E-state index contributed by atoms with van der Waals surface area (Å²) >= 11 is 1.58. The summed E-state index contributed by atoms with van der Waals surface area (Å²) in [5.41, 5.74) is 1.29. The van der Waals surface area contributed by atoms with E-state index < -0.39 is 0 Å². The minimum atomic E-state index is -0.251. The number of rotatable bonds is 5. The Hall–Kier alpha value is -2.34. The van der Waals surface area contributed by atoms with E-state index >= 15 is 0 Å². The van der Waals surface area contributed by atoms with Crippen LogP contribution in [0.1, 0.15) is 20.1 Å². The number of aryl methyl sites for hydroxylation is 2. The van der Waals surface area contributed by atoms with Gasteiger partial charge in [-0.2, -0.15) is 0 Å². The molecule has 0 unspecified atom stereocenters. The number of nitrogens with zero attached hydrogens (tertiary/aromatic N) is 1. The van der Waals surface area contributed by atoms with Crippen molar-refractivity contribution in [2.75, 3.05) is 26.0 Å². The molecule has 6 heteroatoms. The molecule has 0 saturated heterocycles. The summed E-state index contributed by atoms with van der Waals surface area (Å²) in [6.07, 6.45) is 0. The number of ether oxygens (including phenoxy) is 1. The first-order chi connectivity index (χ1) is 10.9. The average molecular weight is 332 g/mol. The smallest absolute Gasteiger partial charge is 0.255 e. The first-order valence-electron chi connectivity index (χ1n) is 7.17. The number of carbonyl (C=O) groups is 2. The Morgan fingerprint density at radius 1 is 1.26 bits per heavy atom. The van der Waals surface area contributed by atoms with Crippen molar-refractivity contribution in [3.8, 4) is 5.75 Å². The van der Waals surface area contributed by atoms with E-state index in [4.69, 9.17) is 4.74 Å². The number of thiophene rings is 1. The second kappa shape index (κ2) is 7.28. The normalized spacial score (nSPS) is 10.3. The van der Waals surface area contributed by atoms with Crippen LogP contribution in [0.4, 0.5) is 5.69 Å². The number of anilines is 1. The molecular formula is C17H20N2O3S. The fraction of sp³-hybridized carbons (Fsp3) is 0.294. The summed E-state index contributed by atoms with van der Waals surface area (Å²) < 4.78 is 5.11.